The summed E-state index contributed by atoms with van der Waals surface area (Å²) in [6.45, 7) is 2.33. The third-order valence-electron chi connectivity index (χ3n) is 2.97. The van der Waals surface area contributed by atoms with Crippen LogP contribution < -0.4 is 10.1 Å². The molecule has 1 amide bonds. The van der Waals surface area contributed by atoms with E-state index in [1.807, 2.05) is 24.4 Å². The van der Waals surface area contributed by atoms with E-state index < -0.39 is 0 Å². The summed E-state index contributed by atoms with van der Waals surface area (Å²) in [7, 11) is 0. The van der Waals surface area contributed by atoms with Crippen molar-refractivity contribution in [1.82, 2.24) is 4.98 Å². The zero-order chi connectivity index (χ0) is 16.2. The molecule has 2 aromatic heterocycles. The van der Waals surface area contributed by atoms with E-state index in [9.17, 15) is 4.79 Å². The minimum absolute atomic E-state index is 0.228. The van der Waals surface area contributed by atoms with Crippen LogP contribution in [-0.2, 0) is 0 Å². The van der Waals surface area contributed by atoms with E-state index in [0.29, 0.717) is 27.9 Å². The van der Waals surface area contributed by atoms with Crippen LogP contribution in [0.3, 0.4) is 0 Å². The quantitative estimate of drug-likeness (QED) is 0.678. The smallest absolute Gasteiger partial charge is 0.267 e. The molecule has 0 saturated heterocycles. The number of ether oxygens (including phenoxy) is 1. The summed E-state index contributed by atoms with van der Waals surface area (Å²) in [6, 6.07) is 9.20. The van der Waals surface area contributed by atoms with Crippen LogP contribution in [0.5, 0.6) is 5.75 Å². The molecule has 0 bridgehead atoms. The van der Waals surface area contributed by atoms with E-state index in [0.717, 1.165) is 9.88 Å². The first kappa shape index (κ1) is 16.0. The second-order valence-corrected chi connectivity index (χ2v) is 6.90. The summed E-state index contributed by atoms with van der Waals surface area (Å²) in [6.07, 6.45) is 1.58. The highest BCUT2D eigenvalue weighted by Crippen LogP contribution is 2.34. The maximum absolute atomic E-state index is 12.4. The van der Waals surface area contributed by atoms with Gasteiger partial charge in [0.2, 0.25) is 0 Å². The topological polar surface area (TPSA) is 51.2 Å². The summed E-state index contributed by atoms with van der Waals surface area (Å²) < 4.78 is 5.51. The number of benzene rings is 1. The van der Waals surface area contributed by atoms with Gasteiger partial charge in [0.1, 0.15) is 9.88 Å². The third-order valence-corrected chi connectivity index (χ3v) is 5.30. The molecule has 3 aromatic rings. The van der Waals surface area contributed by atoms with E-state index in [2.05, 4.69) is 10.3 Å². The zero-order valence-corrected chi connectivity index (χ0v) is 14.6. The number of anilines is 1. The van der Waals surface area contributed by atoms with Crippen LogP contribution >= 0.6 is 34.3 Å². The lowest BCUT2D eigenvalue weighted by molar-refractivity contribution is 0.103. The van der Waals surface area contributed by atoms with Gasteiger partial charge >= 0.3 is 0 Å². The zero-order valence-electron chi connectivity index (χ0n) is 12.2. The Kier molecular flexibility index (Phi) is 4.95. The lowest BCUT2D eigenvalue weighted by Gasteiger charge is -2.12. The molecule has 0 aliphatic heterocycles. The van der Waals surface area contributed by atoms with Crippen molar-refractivity contribution in [2.75, 3.05) is 11.9 Å². The molecule has 0 unspecified atom stereocenters. The maximum Gasteiger partial charge on any atom is 0.267 e. The van der Waals surface area contributed by atoms with Crippen molar-refractivity contribution in [1.29, 1.82) is 0 Å². The molecule has 3 rings (SSSR count). The monoisotopic (exact) mass is 364 g/mol. The number of halogens is 1. The average molecular weight is 365 g/mol. The lowest BCUT2D eigenvalue weighted by atomic mass is 10.3. The van der Waals surface area contributed by atoms with Crippen molar-refractivity contribution >= 4 is 45.9 Å². The predicted octanol–water partition coefficient (Wildman–Crippen LogP) is 5.18. The van der Waals surface area contributed by atoms with Crippen molar-refractivity contribution in [3.05, 3.63) is 51.8 Å². The first-order valence-corrected chi connectivity index (χ1v) is 8.99. The molecule has 0 aliphatic rings. The molecule has 4 nitrogen and oxygen atoms in total. The summed E-state index contributed by atoms with van der Waals surface area (Å²) in [5, 5.41) is 6.12. The van der Waals surface area contributed by atoms with Crippen LogP contribution in [0.1, 0.15) is 16.6 Å². The van der Waals surface area contributed by atoms with Crippen LogP contribution in [0.25, 0.3) is 9.88 Å². The fraction of sp³-hybridized carbons (Fsp3) is 0.125. The number of nitrogens with zero attached hydrogens (tertiary/aromatic N) is 1. The number of aromatic nitrogens is 1. The maximum atomic E-state index is 12.4. The normalized spacial score (nSPS) is 10.5. The number of para-hydroxylation sites is 1. The van der Waals surface area contributed by atoms with Crippen LogP contribution in [-0.4, -0.2) is 17.5 Å². The Labute approximate surface area is 146 Å². The van der Waals surface area contributed by atoms with Crippen molar-refractivity contribution in [2.45, 2.75) is 6.92 Å². The van der Waals surface area contributed by atoms with Gasteiger partial charge in [0.05, 0.1) is 28.4 Å². The molecule has 7 heteroatoms. The van der Waals surface area contributed by atoms with E-state index in [1.54, 1.807) is 35.7 Å². The number of thiazole rings is 1. The highest BCUT2D eigenvalue weighted by Gasteiger charge is 2.15. The Morgan fingerprint density at radius 1 is 1.35 bits per heavy atom. The van der Waals surface area contributed by atoms with Gasteiger partial charge in [-0.2, -0.15) is 0 Å². The van der Waals surface area contributed by atoms with Gasteiger partial charge in [0, 0.05) is 0 Å². The summed E-state index contributed by atoms with van der Waals surface area (Å²) in [5.41, 5.74) is 0.551. The fourth-order valence-electron chi connectivity index (χ4n) is 1.98. The Hall–Kier alpha value is -1.89. The van der Waals surface area contributed by atoms with E-state index in [1.165, 1.54) is 11.3 Å². The van der Waals surface area contributed by atoms with Gasteiger partial charge in [-0.15, -0.1) is 22.7 Å². The second kappa shape index (κ2) is 7.12. The van der Waals surface area contributed by atoms with Crippen molar-refractivity contribution in [3.63, 3.8) is 0 Å². The molecule has 1 aromatic carbocycles. The third kappa shape index (κ3) is 3.55. The van der Waals surface area contributed by atoms with Gasteiger partial charge in [0.15, 0.2) is 5.75 Å². The van der Waals surface area contributed by atoms with Crippen molar-refractivity contribution in [2.24, 2.45) is 0 Å². The lowest BCUT2D eigenvalue weighted by Crippen LogP contribution is -2.11. The number of rotatable bonds is 5. The van der Waals surface area contributed by atoms with Crippen molar-refractivity contribution < 1.29 is 9.53 Å². The molecular weight excluding hydrogens is 352 g/mol. The largest absolute Gasteiger partial charge is 0.490 e. The number of hydrogen-bond acceptors (Lipinski definition) is 5. The van der Waals surface area contributed by atoms with E-state index in [4.69, 9.17) is 16.3 Å². The van der Waals surface area contributed by atoms with Crippen molar-refractivity contribution in [3.8, 4) is 15.6 Å². The van der Waals surface area contributed by atoms with Crippen LogP contribution in [0.2, 0.25) is 5.02 Å². The van der Waals surface area contributed by atoms with Gasteiger partial charge in [-0.25, -0.2) is 4.98 Å². The second-order valence-electron chi connectivity index (χ2n) is 4.51. The number of thiophene rings is 1. The van der Waals surface area contributed by atoms with Gasteiger partial charge < -0.3 is 10.1 Å². The highest BCUT2D eigenvalue weighted by atomic mass is 35.5. The van der Waals surface area contributed by atoms with E-state index in [-0.39, 0.29) is 5.91 Å². The van der Waals surface area contributed by atoms with Crippen LogP contribution in [0, 0.1) is 0 Å². The number of hydrogen-bond donors (Lipinski definition) is 1. The average Bonchev–Trinajstić information content (AvgIpc) is 3.20. The number of nitrogens with one attached hydrogen (secondary N) is 1. The molecule has 0 radical (unpaired) electrons. The molecule has 0 fully saturated rings. The molecular formula is C16H13ClN2O2S2. The van der Waals surface area contributed by atoms with Gasteiger partial charge in [-0.3, -0.25) is 4.79 Å². The molecule has 0 saturated carbocycles. The van der Waals surface area contributed by atoms with Gasteiger partial charge in [-0.1, -0.05) is 23.7 Å². The Morgan fingerprint density at radius 3 is 2.96 bits per heavy atom. The molecule has 0 aliphatic carbocycles. The number of amides is 1. The van der Waals surface area contributed by atoms with Crippen LogP contribution in [0.4, 0.5) is 5.69 Å². The standard InChI is InChI=1S/C16H13ClN2O2S2/c1-2-21-14-10(17)5-3-6-11(14)19-15(20)13-9-18-16(23-13)12-7-4-8-22-12/h3-9H,2H2,1H3,(H,19,20). The molecule has 0 spiro atoms. The minimum Gasteiger partial charge on any atom is -0.490 e. The van der Waals surface area contributed by atoms with Gasteiger partial charge in [-0.05, 0) is 30.5 Å². The molecule has 0 atom stereocenters. The van der Waals surface area contributed by atoms with Crippen LogP contribution in [0.15, 0.2) is 41.9 Å². The highest BCUT2D eigenvalue weighted by molar-refractivity contribution is 7.22. The van der Waals surface area contributed by atoms with Gasteiger partial charge in [0.25, 0.3) is 5.91 Å². The Bertz CT molecular complexity index is 815. The summed E-state index contributed by atoms with van der Waals surface area (Å²) in [5.74, 6) is 0.251. The first-order chi connectivity index (χ1) is 11.2. The molecule has 2 heterocycles. The summed E-state index contributed by atoms with van der Waals surface area (Å²) >= 11 is 9.07. The molecule has 1 N–H and O–H groups in total. The Balaban J connectivity index is 1.81. The fourth-order valence-corrected chi connectivity index (χ4v) is 3.82. The molecule has 118 valence electrons. The van der Waals surface area contributed by atoms with E-state index >= 15 is 0 Å². The minimum atomic E-state index is -0.228. The number of carbonyl (C=O) groups excluding carboxylic acids is 1. The Morgan fingerprint density at radius 2 is 2.22 bits per heavy atom. The first-order valence-electron chi connectivity index (χ1n) is 6.91. The SMILES string of the molecule is CCOc1c(Cl)cccc1NC(=O)c1cnc(-c2cccs2)s1. The summed E-state index contributed by atoms with van der Waals surface area (Å²) in [4.78, 5) is 18.3. The number of carbonyl (C=O) groups is 1. The predicted molar refractivity (Wildman–Crippen MR) is 96.0 cm³/mol. The molecule has 23 heavy (non-hydrogen) atoms.